The monoisotopic (exact) mass is 898 g/mol. The van der Waals surface area contributed by atoms with Gasteiger partial charge in [-0.25, -0.2) is 29.9 Å². The normalized spacial score (nSPS) is 11.6. The lowest BCUT2D eigenvalue weighted by molar-refractivity contribution is 0.570. The molecule has 282 valence electrons. The van der Waals surface area contributed by atoms with Crippen LogP contribution < -0.4 is 36.2 Å². The Morgan fingerprint density at radius 3 is 0.679 bits per heavy atom. The Morgan fingerprint density at radius 1 is 0.286 bits per heavy atom. The van der Waals surface area contributed by atoms with Gasteiger partial charge in [-0.15, -0.1) is 0 Å². The van der Waals surface area contributed by atoms with Crippen LogP contribution in [0.2, 0.25) is 0 Å². The van der Waals surface area contributed by atoms with Crippen LogP contribution in [0.25, 0.3) is 89.7 Å². The van der Waals surface area contributed by atoms with Crippen LogP contribution in [-0.2, 0) is 0 Å². The Bertz CT molecular complexity index is 2590. The van der Waals surface area contributed by atoms with E-state index in [1.807, 2.05) is 0 Å². The Hall–Kier alpha value is -3.92. The largest absolute Gasteiger partial charge is 0.476 e. The van der Waals surface area contributed by atoms with Gasteiger partial charge in [-0.05, 0) is 48.5 Å². The summed E-state index contributed by atoms with van der Waals surface area (Å²) in [7, 11) is 18.0. The second-order valence-corrected chi connectivity index (χ2v) is 13.8. The lowest BCUT2D eigenvalue weighted by atomic mass is 10.1. The molecule has 0 amide bonds. The van der Waals surface area contributed by atoms with E-state index < -0.39 is 0 Å². The molecule has 8 bridgehead atoms. The van der Waals surface area contributed by atoms with Gasteiger partial charge in [0.15, 0.2) is 69.3 Å². The molecule has 16 nitrogen and oxygen atoms in total. The number of rotatable bonds is 8. The molecule has 2 aliphatic rings. The Morgan fingerprint density at radius 2 is 0.482 bits per heavy atom. The molecule has 0 fully saturated rings. The summed E-state index contributed by atoms with van der Waals surface area (Å²) in [5.74, 6) is 4.79. The van der Waals surface area contributed by atoms with E-state index in [9.17, 15) is 0 Å². The fourth-order valence-electron chi connectivity index (χ4n) is 6.55. The summed E-state index contributed by atoms with van der Waals surface area (Å²) < 4.78 is 44.8. The number of H-pyrrole nitrogens is 2. The predicted molar refractivity (Wildman–Crippen MR) is 239 cm³/mol. The van der Waals surface area contributed by atoms with Crippen LogP contribution in [0.5, 0.6) is 46.0 Å². The van der Waals surface area contributed by atoms with Gasteiger partial charge in [0.1, 0.15) is 22.6 Å². The van der Waals surface area contributed by atoms with Crippen LogP contribution >= 0.6 is 75.7 Å². The van der Waals surface area contributed by atoms with Crippen molar-refractivity contribution in [2.75, 3.05) is 0 Å². The molecule has 0 radical (unpaired) electrons. The van der Waals surface area contributed by atoms with Gasteiger partial charge < -0.3 is 46.2 Å². The van der Waals surface area contributed by atoms with E-state index in [0.29, 0.717) is 136 Å². The summed E-state index contributed by atoms with van der Waals surface area (Å²) in [4.78, 5) is 37.0. The average Bonchev–Trinajstić information content (AvgIpc) is 3.95. The first kappa shape index (κ1) is 37.6. The number of benzene rings is 4. The van der Waals surface area contributed by atoms with E-state index >= 15 is 0 Å². The summed E-state index contributed by atoms with van der Waals surface area (Å²) in [6.07, 6.45) is 0. The van der Waals surface area contributed by atoms with Crippen LogP contribution in [0.4, 0.5) is 0 Å². The fraction of sp³-hybridized carbons (Fsp3) is 0. The highest BCUT2D eigenvalue weighted by molar-refractivity contribution is 7.11. The Kier molecular flexibility index (Phi) is 10.2. The van der Waals surface area contributed by atoms with E-state index in [4.69, 9.17) is 66.1 Å². The third-order valence-electron chi connectivity index (χ3n) is 9.10. The molecule has 5 heterocycles. The van der Waals surface area contributed by atoms with Crippen LogP contribution in [-0.4, -0.2) is 39.9 Å². The van der Waals surface area contributed by atoms with E-state index in [1.54, 1.807) is 48.5 Å². The molecule has 8 atom stereocenters. The van der Waals surface area contributed by atoms with E-state index in [1.165, 1.54) is 0 Å². The maximum Gasteiger partial charge on any atom is 0.165 e. The number of hydrogen-bond acceptors (Lipinski definition) is 14. The van der Waals surface area contributed by atoms with Gasteiger partial charge in [0, 0.05) is 43.8 Å². The zero-order chi connectivity index (χ0) is 38.8. The number of fused-ring (bicyclic) bond motifs is 20. The molecular weight excluding hydrogens is 872 g/mol. The first-order valence-electron chi connectivity index (χ1n) is 15.8. The molecule has 8 unspecified atom stereocenters. The molecular formula is C32H26N8O8P8. The predicted octanol–water partition coefficient (Wildman–Crippen LogP) is 8.22. The SMILES string of the molecule is POc1cc2c(cc1OP)-c1nc-2nc2[nH]c(nc3nc(nc4[nH]c(n1)c1cc(OP)c(OP)cc41)-c1cc(OP)c(OP)cc1-3)c1cc(OP)c(OP)cc21. The van der Waals surface area contributed by atoms with Crippen LogP contribution in [0.3, 0.4) is 0 Å². The minimum absolute atomic E-state index is 0.332. The molecule has 0 spiro atoms. The Balaban J connectivity index is 1.50. The third kappa shape index (κ3) is 6.15. The van der Waals surface area contributed by atoms with E-state index in [2.05, 4.69) is 85.7 Å². The quantitative estimate of drug-likeness (QED) is 0.139. The van der Waals surface area contributed by atoms with Gasteiger partial charge >= 0.3 is 0 Å². The highest BCUT2D eigenvalue weighted by atomic mass is 31.0. The second kappa shape index (κ2) is 15.1. The number of aromatic amines is 2. The highest BCUT2D eigenvalue weighted by Crippen LogP contribution is 2.46. The minimum atomic E-state index is 0.332. The van der Waals surface area contributed by atoms with Crippen molar-refractivity contribution in [3.8, 4) is 91.5 Å². The maximum absolute atomic E-state index is 5.60. The number of nitrogens with one attached hydrogen (secondary N) is 2. The molecule has 0 saturated heterocycles. The summed E-state index contributed by atoms with van der Waals surface area (Å²) in [5, 5.41) is 2.62. The summed E-state index contributed by atoms with van der Waals surface area (Å²) in [6, 6.07) is 14.3. The lowest BCUT2D eigenvalue weighted by Gasteiger charge is -2.09. The summed E-state index contributed by atoms with van der Waals surface area (Å²) in [6.45, 7) is 0. The van der Waals surface area contributed by atoms with Gasteiger partial charge in [0.05, 0.1) is 75.7 Å². The van der Waals surface area contributed by atoms with Crippen molar-refractivity contribution in [2.45, 2.75) is 0 Å². The number of hydrogen-bond donors (Lipinski definition) is 2. The van der Waals surface area contributed by atoms with Gasteiger partial charge in [-0.2, -0.15) is 0 Å². The van der Waals surface area contributed by atoms with Gasteiger partial charge in [0.2, 0.25) is 0 Å². The van der Waals surface area contributed by atoms with Crippen molar-refractivity contribution in [3.05, 3.63) is 48.5 Å². The van der Waals surface area contributed by atoms with Crippen molar-refractivity contribution < 1.29 is 36.2 Å². The molecule has 0 aliphatic carbocycles. The number of nitrogens with zero attached hydrogens (tertiary/aromatic N) is 6. The van der Waals surface area contributed by atoms with Crippen LogP contribution in [0.15, 0.2) is 48.5 Å². The number of aromatic nitrogens is 8. The van der Waals surface area contributed by atoms with Crippen molar-refractivity contribution >= 4 is 120 Å². The second-order valence-electron chi connectivity index (χ2n) is 11.9. The first-order chi connectivity index (χ1) is 27.3. The maximum atomic E-state index is 5.60. The van der Waals surface area contributed by atoms with Gasteiger partial charge in [-0.1, -0.05) is 0 Å². The molecule has 3 aromatic heterocycles. The first-order valence-corrected chi connectivity index (χ1v) is 19.6. The fourth-order valence-corrected chi connectivity index (χ4v) is 8.03. The molecule has 0 saturated carbocycles. The van der Waals surface area contributed by atoms with E-state index in [-0.39, 0.29) is 0 Å². The molecule has 2 aliphatic heterocycles. The molecule has 9 rings (SSSR count). The zero-order valence-electron chi connectivity index (χ0n) is 28.2. The van der Waals surface area contributed by atoms with E-state index in [0.717, 1.165) is 0 Å². The van der Waals surface area contributed by atoms with Gasteiger partial charge in [-0.3, -0.25) is 0 Å². The van der Waals surface area contributed by atoms with Crippen molar-refractivity contribution in [1.29, 1.82) is 0 Å². The summed E-state index contributed by atoms with van der Waals surface area (Å²) >= 11 is 0. The lowest BCUT2D eigenvalue weighted by Crippen LogP contribution is -1.87. The molecule has 7 aromatic rings. The zero-order valence-corrected chi connectivity index (χ0v) is 37.4. The molecule has 2 N–H and O–H groups in total. The van der Waals surface area contributed by atoms with Crippen LogP contribution in [0.1, 0.15) is 0 Å². The van der Waals surface area contributed by atoms with Crippen molar-refractivity contribution in [1.82, 2.24) is 39.9 Å². The average molecular weight is 898 g/mol. The van der Waals surface area contributed by atoms with Gasteiger partial charge in [0.25, 0.3) is 0 Å². The van der Waals surface area contributed by atoms with Crippen LogP contribution in [0, 0.1) is 0 Å². The molecule has 56 heavy (non-hydrogen) atoms. The molecule has 4 aromatic carbocycles. The smallest absolute Gasteiger partial charge is 0.165 e. The van der Waals surface area contributed by atoms with Crippen molar-refractivity contribution in [2.24, 2.45) is 0 Å². The standard InChI is InChI=1S/C32H26N8O8P8/c49-41-17-1-9-10(2-18(17)42-50)26-33-25(9)37-27-11-3-19(43-51)20(44-52)4-12(11)29(34-27)39-31-15-7-23(47-55)24(48-56)8-16(15)32(36-31)40-30-14-6-22(46-54)21(45-53)5-13(14)28(35-30)38-26/h1-8H,49-56H2,(H2,33,34,35,36,37,38,39,40). The third-order valence-corrected chi connectivity index (χ3v) is 11.1. The summed E-state index contributed by atoms with van der Waals surface area (Å²) in [5.41, 5.74) is 4.19. The Labute approximate surface area is 334 Å². The topological polar surface area (TPSA) is 183 Å². The van der Waals surface area contributed by atoms with Crippen molar-refractivity contribution in [3.63, 3.8) is 0 Å². The minimum Gasteiger partial charge on any atom is -0.476 e. The highest BCUT2D eigenvalue weighted by Gasteiger charge is 2.27. The molecule has 24 heteroatoms.